The molecule has 6 heteroatoms. The van der Waals surface area contributed by atoms with E-state index in [1.807, 2.05) is 20.1 Å². The zero-order valence-electron chi connectivity index (χ0n) is 9.64. The van der Waals surface area contributed by atoms with E-state index < -0.39 is 12.0 Å². The highest BCUT2D eigenvalue weighted by Gasteiger charge is 2.08. The third-order valence-electron chi connectivity index (χ3n) is 1.78. The molecule has 0 aromatic rings. The van der Waals surface area contributed by atoms with Crippen molar-refractivity contribution in [3.8, 4) is 0 Å². The lowest BCUT2D eigenvalue weighted by molar-refractivity contribution is -0.138. The first-order chi connectivity index (χ1) is 6.82. The molecule has 15 heavy (non-hydrogen) atoms. The van der Waals surface area contributed by atoms with Crippen LogP contribution in [0.1, 0.15) is 20.3 Å². The second kappa shape index (κ2) is 10.2. The van der Waals surface area contributed by atoms with E-state index in [9.17, 15) is 4.79 Å². The van der Waals surface area contributed by atoms with Crippen molar-refractivity contribution in [3.63, 3.8) is 0 Å². The molecule has 7 N–H and O–H groups in total. The molecule has 3 unspecified atom stereocenters. The molecule has 0 radical (unpaired) electrons. The summed E-state index contributed by atoms with van der Waals surface area (Å²) >= 11 is 1.60. The van der Waals surface area contributed by atoms with Crippen LogP contribution >= 0.6 is 11.8 Å². The number of carboxylic acid groups (broad SMARTS) is 1. The quantitative estimate of drug-likeness (QED) is 0.528. The van der Waals surface area contributed by atoms with Crippen molar-refractivity contribution in [3.05, 3.63) is 0 Å². The largest absolute Gasteiger partial charge is 0.480 e. The van der Waals surface area contributed by atoms with Gasteiger partial charge in [0.25, 0.3) is 0 Å². The van der Waals surface area contributed by atoms with Gasteiger partial charge in [0.05, 0.1) is 0 Å². The number of rotatable bonds is 5. The average Bonchev–Trinajstić information content (AvgIpc) is 2.14. The number of nitrogens with two attached hydrogens (primary N) is 3. The number of carboxylic acids is 1. The molecule has 0 fully saturated rings. The van der Waals surface area contributed by atoms with E-state index in [0.29, 0.717) is 6.42 Å². The van der Waals surface area contributed by atoms with Crippen molar-refractivity contribution in [2.45, 2.75) is 38.4 Å². The normalized spacial score (nSPS) is 15.9. The highest BCUT2D eigenvalue weighted by Crippen LogP contribution is 1.97. The highest BCUT2D eigenvalue weighted by molar-refractivity contribution is 7.98. The summed E-state index contributed by atoms with van der Waals surface area (Å²) in [6, 6.07) is -0.424. The number of aliphatic carboxylic acids is 1. The van der Waals surface area contributed by atoms with Gasteiger partial charge in [0, 0.05) is 12.1 Å². The topological polar surface area (TPSA) is 115 Å². The molecule has 0 heterocycles. The molecule has 92 valence electrons. The van der Waals surface area contributed by atoms with E-state index in [-0.39, 0.29) is 12.1 Å². The van der Waals surface area contributed by atoms with E-state index in [1.165, 1.54) is 0 Å². The van der Waals surface area contributed by atoms with Crippen molar-refractivity contribution >= 4 is 17.7 Å². The summed E-state index contributed by atoms with van der Waals surface area (Å²) in [5.41, 5.74) is 15.8. The smallest absolute Gasteiger partial charge is 0.320 e. The fraction of sp³-hybridized carbons (Fsp3) is 0.889. The first-order valence-electron chi connectivity index (χ1n) is 4.81. The molecule has 0 aliphatic rings. The van der Waals surface area contributed by atoms with Gasteiger partial charge in [-0.25, -0.2) is 0 Å². The van der Waals surface area contributed by atoms with Gasteiger partial charge in [-0.3, -0.25) is 4.79 Å². The van der Waals surface area contributed by atoms with Crippen LogP contribution in [-0.4, -0.2) is 41.2 Å². The minimum Gasteiger partial charge on any atom is -0.480 e. The highest BCUT2D eigenvalue weighted by atomic mass is 32.2. The van der Waals surface area contributed by atoms with Gasteiger partial charge < -0.3 is 22.3 Å². The second-order valence-electron chi connectivity index (χ2n) is 3.44. The van der Waals surface area contributed by atoms with Crippen LogP contribution in [-0.2, 0) is 4.79 Å². The first-order valence-corrected chi connectivity index (χ1v) is 6.20. The SMILES string of the molecule is CC(N)C(C)N.CSCCC(N)C(=O)O. The Morgan fingerprint density at radius 2 is 1.67 bits per heavy atom. The summed E-state index contributed by atoms with van der Waals surface area (Å²) in [6.45, 7) is 3.79. The molecular weight excluding hydrogens is 214 g/mol. The molecule has 0 aromatic carbocycles. The summed E-state index contributed by atoms with van der Waals surface area (Å²) in [7, 11) is 0. The third kappa shape index (κ3) is 13.7. The predicted octanol–water partition coefficient (Wildman–Crippen LogP) is -0.168. The predicted molar refractivity (Wildman–Crippen MR) is 65.9 cm³/mol. The van der Waals surface area contributed by atoms with Crippen LogP contribution in [0.5, 0.6) is 0 Å². The van der Waals surface area contributed by atoms with Gasteiger partial charge in [0.1, 0.15) is 6.04 Å². The minimum atomic E-state index is -0.913. The lowest BCUT2D eigenvalue weighted by Gasteiger charge is -2.06. The lowest BCUT2D eigenvalue weighted by Crippen LogP contribution is -2.35. The van der Waals surface area contributed by atoms with E-state index >= 15 is 0 Å². The van der Waals surface area contributed by atoms with E-state index in [0.717, 1.165) is 5.75 Å². The van der Waals surface area contributed by atoms with Crippen molar-refractivity contribution < 1.29 is 9.90 Å². The fourth-order valence-electron chi connectivity index (χ4n) is 0.368. The average molecular weight is 237 g/mol. The summed E-state index contributed by atoms with van der Waals surface area (Å²) in [5.74, 6) is -0.1000. The zero-order chi connectivity index (χ0) is 12.4. The Bertz CT molecular complexity index is 159. The molecule has 0 amide bonds. The molecule has 0 aromatic heterocycles. The maximum atomic E-state index is 10.1. The number of carbonyl (C=O) groups is 1. The summed E-state index contributed by atoms with van der Waals surface area (Å²) in [5, 5.41) is 8.27. The Hall–Kier alpha value is -0.300. The zero-order valence-corrected chi connectivity index (χ0v) is 10.5. The van der Waals surface area contributed by atoms with Gasteiger partial charge in [0.15, 0.2) is 0 Å². The Kier molecular flexibility index (Phi) is 11.7. The third-order valence-corrected chi connectivity index (χ3v) is 2.42. The molecule has 0 saturated carbocycles. The van der Waals surface area contributed by atoms with E-state index in [2.05, 4.69) is 0 Å². The molecule has 0 rings (SSSR count). The van der Waals surface area contributed by atoms with Crippen molar-refractivity contribution in [2.24, 2.45) is 17.2 Å². The molecule has 0 aliphatic carbocycles. The van der Waals surface area contributed by atoms with Crippen molar-refractivity contribution in [1.29, 1.82) is 0 Å². The van der Waals surface area contributed by atoms with E-state index in [4.69, 9.17) is 22.3 Å². The fourth-order valence-corrected chi connectivity index (χ4v) is 0.858. The van der Waals surface area contributed by atoms with Crippen LogP contribution in [0.3, 0.4) is 0 Å². The molecule has 0 spiro atoms. The Balaban J connectivity index is 0. The maximum Gasteiger partial charge on any atom is 0.320 e. The molecular formula is C9H23N3O2S. The Morgan fingerprint density at radius 3 is 1.87 bits per heavy atom. The standard InChI is InChI=1S/C5H11NO2S.C4H12N2/c1-9-3-2-4(6)5(7)8;1-3(5)4(2)6/h4H,2-3,6H2,1H3,(H,7,8);3-4H,5-6H2,1-2H3. The number of hydrogen-bond donors (Lipinski definition) is 4. The Morgan fingerprint density at radius 1 is 1.27 bits per heavy atom. The van der Waals surface area contributed by atoms with Crippen LogP contribution in [0.2, 0.25) is 0 Å². The van der Waals surface area contributed by atoms with Crippen LogP contribution < -0.4 is 17.2 Å². The Labute approximate surface area is 95.8 Å². The lowest BCUT2D eigenvalue weighted by atomic mass is 10.2. The summed E-state index contributed by atoms with van der Waals surface area (Å²) in [4.78, 5) is 10.1. The van der Waals surface area contributed by atoms with Gasteiger partial charge in [0.2, 0.25) is 0 Å². The van der Waals surface area contributed by atoms with Gasteiger partial charge in [-0.15, -0.1) is 0 Å². The minimum absolute atomic E-state index is 0.130. The van der Waals surface area contributed by atoms with Crippen LogP contribution in [0.4, 0.5) is 0 Å². The monoisotopic (exact) mass is 237 g/mol. The summed E-state index contributed by atoms with van der Waals surface area (Å²) in [6.07, 6.45) is 2.48. The number of thioether (sulfide) groups is 1. The molecule has 3 atom stereocenters. The van der Waals surface area contributed by atoms with Gasteiger partial charge in [-0.2, -0.15) is 11.8 Å². The maximum absolute atomic E-state index is 10.1. The van der Waals surface area contributed by atoms with E-state index in [1.54, 1.807) is 11.8 Å². The van der Waals surface area contributed by atoms with Crippen LogP contribution in [0, 0.1) is 0 Å². The second-order valence-corrected chi connectivity index (χ2v) is 4.43. The number of hydrogen-bond acceptors (Lipinski definition) is 5. The molecule has 0 aliphatic heterocycles. The van der Waals surface area contributed by atoms with Crippen LogP contribution in [0.25, 0.3) is 0 Å². The van der Waals surface area contributed by atoms with Gasteiger partial charge >= 0.3 is 5.97 Å². The van der Waals surface area contributed by atoms with Crippen LogP contribution in [0.15, 0.2) is 0 Å². The molecule has 0 bridgehead atoms. The molecule has 5 nitrogen and oxygen atoms in total. The van der Waals surface area contributed by atoms with Gasteiger partial charge in [-0.05, 0) is 32.3 Å². The first kappa shape index (κ1) is 17.1. The van der Waals surface area contributed by atoms with Crippen molar-refractivity contribution in [2.75, 3.05) is 12.0 Å². The molecule has 0 saturated heterocycles. The van der Waals surface area contributed by atoms with Crippen molar-refractivity contribution in [1.82, 2.24) is 0 Å². The summed E-state index contributed by atoms with van der Waals surface area (Å²) < 4.78 is 0. The van der Waals surface area contributed by atoms with Gasteiger partial charge in [-0.1, -0.05) is 0 Å².